The first-order chi connectivity index (χ1) is 8.79. The summed E-state index contributed by atoms with van der Waals surface area (Å²) in [4.78, 5) is 0. The minimum Gasteiger partial charge on any atom is -0.308 e. The van der Waals surface area contributed by atoms with Crippen molar-refractivity contribution < 1.29 is 0 Å². The Morgan fingerprint density at radius 1 is 1.39 bits per heavy atom. The number of benzene rings is 1. The van der Waals surface area contributed by atoms with Gasteiger partial charge in [-0.25, -0.2) is 0 Å². The Kier molecular flexibility index (Phi) is 4.68. The Bertz CT molecular complexity index is 401. The van der Waals surface area contributed by atoms with Gasteiger partial charge in [-0.15, -0.1) is 0 Å². The second-order valence-electron chi connectivity index (χ2n) is 4.95. The lowest BCUT2D eigenvalue weighted by Gasteiger charge is -2.41. The Balaban J connectivity index is 1.97. The van der Waals surface area contributed by atoms with E-state index in [-0.39, 0.29) is 6.04 Å². The third-order valence-electron chi connectivity index (χ3n) is 3.87. The van der Waals surface area contributed by atoms with Crippen molar-refractivity contribution in [3.05, 3.63) is 35.9 Å². The van der Waals surface area contributed by atoms with Gasteiger partial charge in [-0.3, -0.25) is 0 Å². The molecule has 1 aromatic rings. The molecule has 0 radical (unpaired) electrons. The first-order valence-electron chi connectivity index (χ1n) is 6.50. The molecule has 0 heterocycles. The van der Waals surface area contributed by atoms with Crippen molar-refractivity contribution in [1.82, 2.24) is 5.32 Å². The first kappa shape index (κ1) is 13.5. The van der Waals surface area contributed by atoms with E-state index < -0.39 is 0 Å². The van der Waals surface area contributed by atoms with Gasteiger partial charge in [0.1, 0.15) is 0 Å². The highest BCUT2D eigenvalue weighted by Gasteiger charge is 2.36. The number of nitriles is 1. The standard InChI is InChI=1S/C15H20N2S/c1-18-15(9-5-10-15)12-17-14(8-11-16)13-6-3-2-4-7-13/h2-4,6-7,14,17H,5,8-10,12H2,1H3. The maximum absolute atomic E-state index is 8.96. The van der Waals surface area contributed by atoms with Gasteiger partial charge in [-0.1, -0.05) is 36.8 Å². The summed E-state index contributed by atoms with van der Waals surface area (Å²) in [5.41, 5.74) is 1.22. The van der Waals surface area contributed by atoms with E-state index in [2.05, 4.69) is 29.8 Å². The van der Waals surface area contributed by atoms with Crippen LogP contribution in [0.2, 0.25) is 0 Å². The maximum Gasteiger partial charge on any atom is 0.0641 e. The highest BCUT2D eigenvalue weighted by molar-refractivity contribution is 8.00. The zero-order chi connectivity index (χ0) is 12.8. The van der Waals surface area contributed by atoms with E-state index in [9.17, 15) is 0 Å². The Hall–Kier alpha value is -0.980. The van der Waals surface area contributed by atoms with Crippen LogP contribution in [0.5, 0.6) is 0 Å². The van der Waals surface area contributed by atoms with E-state index in [4.69, 9.17) is 5.26 Å². The maximum atomic E-state index is 8.96. The van der Waals surface area contributed by atoms with Gasteiger partial charge in [0.05, 0.1) is 12.5 Å². The van der Waals surface area contributed by atoms with E-state index >= 15 is 0 Å². The smallest absolute Gasteiger partial charge is 0.0641 e. The predicted octanol–water partition coefficient (Wildman–Crippen LogP) is 3.52. The number of nitrogens with zero attached hydrogens (tertiary/aromatic N) is 1. The molecule has 2 rings (SSSR count). The molecular weight excluding hydrogens is 240 g/mol. The summed E-state index contributed by atoms with van der Waals surface area (Å²) in [6.45, 7) is 1.01. The van der Waals surface area contributed by atoms with E-state index in [1.54, 1.807) is 0 Å². The van der Waals surface area contributed by atoms with Crippen LogP contribution < -0.4 is 5.32 Å². The van der Waals surface area contributed by atoms with Crippen LogP contribution in [0.25, 0.3) is 0 Å². The number of nitrogens with one attached hydrogen (secondary N) is 1. The summed E-state index contributed by atoms with van der Waals surface area (Å²) < 4.78 is 0.419. The molecule has 0 bridgehead atoms. The van der Waals surface area contributed by atoms with E-state index in [1.807, 2.05) is 30.0 Å². The molecule has 2 nitrogen and oxygen atoms in total. The van der Waals surface area contributed by atoms with Gasteiger partial charge in [0.2, 0.25) is 0 Å². The Morgan fingerprint density at radius 3 is 2.61 bits per heavy atom. The van der Waals surface area contributed by atoms with Crippen LogP contribution in [-0.2, 0) is 0 Å². The number of rotatable bonds is 6. The monoisotopic (exact) mass is 260 g/mol. The number of thioether (sulfide) groups is 1. The van der Waals surface area contributed by atoms with Crippen LogP contribution >= 0.6 is 11.8 Å². The SMILES string of the molecule is CSC1(CNC(CC#N)c2ccccc2)CCC1. The molecule has 0 aromatic heterocycles. The topological polar surface area (TPSA) is 35.8 Å². The lowest BCUT2D eigenvalue weighted by Crippen LogP contribution is -2.44. The molecule has 1 aliphatic carbocycles. The van der Waals surface area contributed by atoms with Crippen LogP contribution in [0, 0.1) is 11.3 Å². The van der Waals surface area contributed by atoms with Crippen LogP contribution in [0.15, 0.2) is 30.3 Å². The summed E-state index contributed by atoms with van der Waals surface area (Å²) >= 11 is 1.97. The second-order valence-corrected chi connectivity index (χ2v) is 6.22. The molecule has 0 spiro atoms. The third-order valence-corrected chi connectivity index (χ3v) is 5.28. The summed E-state index contributed by atoms with van der Waals surface area (Å²) in [5.74, 6) is 0. The van der Waals surface area contributed by atoms with E-state index in [0.29, 0.717) is 11.2 Å². The highest BCUT2D eigenvalue weighted by Crippen LogP contribution is 2.42. The quantitative estimate of drug-likeness (QED) is 0.850. The van der Waals surface area contributed by atoms with Gasteiger partial charge >= 0.3 is 0 Å². The molecule has 96 valence electrons. The lowest BCUT2D eigenvalue weighted by atomic mass is 9.84. The molecule has 0 saturated heterocycles. The predicted molar refractivity (Wildman–Crippen MR) is 77.5 cm³/mol. The highest BCUT2D eigenvalue weighted by atomic mass is 32.2. The molecule has 0 aliphatic heterocycles. The second kappa shape index (κ2) is 6.26. The molecule has 1 saturated carbocycles. The Morgan fingerprint density at radius 2 is 2.11 bits per heavy atom. The van der Waals surface area contributed by atoms with E-state index in [0.717, 1.165) is 6.54 Å². The number of hydrogen-bond acceptors (Lipinski definition) is 3. The van der Waals surface area contributed by atoms with Crippen molar-refractivity contribution in [3.8, 4) is 6.07 Å². The molecular formula is C15H20N2S. The molecule has 1 fully saturated rings. The summed E-state index contributed by atoms with van der Waals surface area (Å²) in [6, 6.07) is 12.7. The van der Waals surface area contributed by atoms with Crippen molar-refractivity contribution >= 4 is 11.8 Å². The van der Waals surface area contributed by atoms with Gasteiger partial charge in [0.25, 0.3) is 0 Å². The Labute approximate surface area is 114 Å². The fourth-order valence-corrected chi connectivity index (χ4v) is 3.34. The minimum absolute atomic E-state index is 0.167. The van der Waals surface area contributed by atoms with Crippen molar-refractivity contribution in [1.29, 1.82) is 5.26 Å². The molecule has 1 aromatic carbocycles. The molecule has 0 amide bonds. The van der Waals surface area contributed by atoms with Gasteiger partial charge < -0.3 is 5.32 Å². The molecule has 1 atom stereocenters. The van der Waals surface area contributed by atoms with Crippen LogP contribution in [0.3, 0.4) is 0 Å². The molecule has 1 N–H and O–H groups in total. The fraction of sp³-hybridized carbons (Fsp3) is 0.533. The largest absolute Gasteiger partial charge is 0.308 e. The number of hydrogen-bond donors (Lipinski definition) is 1. The molecule has 1 unspecified atom stereocenters. The zero-order valence-corrected chi connectivity index (χ0v) is 11.7. The molecule has 18 heavy (non-hydrogen) atoms. The van der Waals surface area contributed by atoms with Crippen LogP contribution in [0.4, 0.5) is 0 Å². The first-order valence-corrected chi connectivity index (χ1v) is 7.72. The van der Waals surface area contributed by atoms with Crippen molar-refractivity contribution in [2.45, 2.75) is 36.5 Å². The summed E-state index contributed by atoms with van der Waals surface area (Å²) in [7, 11) is 0. The van der Waals surface area contributed by atoms with Crippen molar-refractivity contribution in [2.75, 3.05) is 12.8 Å². The normalized spacial score (nSPS) is 18.7. The zero-order valence-electron chi connectivity index (χ0n) is 10.9. The fourth-order valence-electron chi connectivity index (χ4n) is 2.42. The van der Waals surface area contributed by atoms with Crippen LogP contribution in [0.1, 0.15) is 37.3 Å². The molecule has 3 heteroatoms. The summed E-state index contributed by atoms with van der Waals surface area (Å²) in [5, 5.41) is 12.5. The van der Waals surface area contributed by atoms with Gasteiger partial charge in [-0.2, -0.15) is 17.0 Å². The lowest BCUT2D eigenvalue weighted by molar-refractivity contribution is 0.331. The molecule has 1 aliphatic rings. The average Bonchev–Trinajstić information content (AvgIpc) is 2.38. The van der Waals surface area contributed by atoms with Gasteiger partial charge in [0.15, 0.2) is 0 Å². The van der Waals surface area contributed by atoms with Crippen molar-refractivity contribution in [3.63, 3.8) is 0 Å². The summed E-state index contributed by atoms with van der Waals surface area (Å²) in [6.07, 6.45) is 6.68. The third kappa shape index (κ3) is 3.07. The minimum atomic E-state index is 0.167. The average molecular weight is 260 g/mol. The van der Waals surface area contributed by atoms with Crippen molar-refractivity contribution in [2.24, 2.45) is 0 Å². The van der Waals surface area contributed by atoms with Gasteiger partial charge in [-0.05, 0) is 24.7 Å². The van der Waals surface area contributed by atoms with Gasteiger partial charge in [0, 0.05) is 17.3 Å². The van der Waals surface area contributed by atoms with E-state index in [1.165, 1.54) is 24.8 Å². The van der Waals surface area contributed by atoms with Crippen LogP contribution in [-0.4, -0.2) is 17.5 Å².